The summed E-state index contributed by atoms with van der Waals surface area (Å²) < 4.78 is 6.28. The lowest BCUT2D eigenvalue weighted by molar-refractivity contribution is 0.0555. The molecule has 0 amide bonds. The Hall–Kier alpha value is -2.30. The zero-order chi connectivity index (χ0) is 20.8. The summed E-state index contributed by atoms with van der Waals surface area (Å²) in [6.07, 6.45) is 4.87. The van der Waals surface area contributed by atoms with Gasteiger partial charge in [-0.1, -0.05) is 40.2 Å². The number of ketones is 1. The molecule has 0 bridgehead atoms. The van der Waals surface area contributed by atoms with Crippen LogP contribution in [0, 0.1) is 17.3 Å². The molecule has 1 aliphatic heterocycles. The van der Waals surface area contributed by atoms with Gasteiger partial charge in [0.1, 0.15) is 28.9 Å². The summed E-state index contributed by atoms with van der Waals surface area (Å²) in [6, 6.07) is 0. The SMILES string of the molecule is CC(C)CC(=O)c1c(O)c(C=O)c(O)c2c1O[C@@H]1C=C(C(C)C)CC[C@]1(C)C2. The Kier molecular flexibility index (Phi) is 5.30. The Balaban J connectivity index is 2.19. The van der Waals surface area contributed by atoms with Crippen molar-refractivity contribution < 1.29 is 24.5 Å². The lowest BCUT2D eigenvalue weighted by atomic mass is 9.67. The van der Waals surface area contributed by atoms with Crippen LogP contribution in [0.1, 0.15) is 80.2 Å². The van der Waals surface area contributed by atoms with E-state index >= 15 is 0 Å². The molecule has 2 aliphatic rings. The van der Waals surface area contributed by atoms with E-state index in [1.165, 1.54) is 5.57 Å². The van der Waals surface area contributed by atoms with Gasteiger partial charge in [-0.25, -0.2) is 0 Å². The molecular weight excluding hydrogens is 356 g/mol. The molecule has 5 nitrogen and oxygen atoms in total. The molecule has 0 unspecified atom stereocenters. The van der Waals surface area contributed by atoms with Gasteiger partial charge in [0, 0.05) is 17.4 Å². The molecule has 1 aromatic rings. The first kappa shape index (κ1) is 20.4. The number of hydrogen-bond donors (Lipinski definition) is 2. The molecule has 0 aromatic heterocycles. The maximum atomic E-state index is 12.9. The predicted octanol–water partition coefficient (Wildman–Crippen LogP) is 4.83. The molecule has 1 aromatic carbocycles. The molecular formula is C23H30O5. The minimum Gasteiger partial charge on any atom is -0.507 e. The third kappa shape index (κ3) is 3.31. The van der Waals surface area contributed by atoms with Crippen molar-refractivity contribution >= 4 is 12.1 Å². The van der Waals surface area contributed by atoms with Crippen LogP contribution in [0.5, 0.6) is 17.2 Å². The first-order valence-corrected chi connectivity index (χ1v) is 10.1. The van der Waals surface area contributed by atoms with Crippen molar-refractivity contribution in [2.24, 2.45) is 17.3 Å². The van der Waals surface area contributed by atoms with E-state index in [1.54, 1.807) is 0 Å². The van der Waals surface area contributed by atoms with Gasteiger partial charge in [0.15, 0.2) is 12.1 Å². The highest BCUT2D eigenvalue weighted by molar-refractivity contribution is 6.05. The zero-order valence-electron chi connectivity index (χ0n) is 17.3. The molecule has 5 heteroatoms. The van der Waals surface area contributed by atoms with Crippen molar-refractivity contribution in [1.82, 2.24) is 0 Å². The standard InChI is InChI=1S/C23H30O5/c1-12(2)8-17(25)19-21(27)16(11-24)20(26)15-10-23(5)7-6-14(13(3)4)9-18(23)28-22(15)19/h9,11-13,18,26-27H,6-8,10H2,1-5H3/t18-,23-/m1/s1. The van der Waals surface area contributed by atoms with Crippen molar-refractivity contribution in [1.29, 1.82) is 0 Å². The van der Waals surface area contributed by atoms with Crippen molar-refractivity contribution in [3.05, 3.63) is 28.3 Å². The monoisotopic (exact) mass is 386 g/mol. The van der Waals surface area contributed by atoms with Crippen LogP contribution in [0.15, 0.2) is 11.6 Å². The fourth-order valence-electron chi connectivity index (χ4n) is 4.34. The molecule has 2 atom stereocenters. The van der Waals surface area contributed by atoms with E-state index in [9.17, 15) is 19.8 Å². The topological polar surface area (TPSA) is 83.8 Å². The van der Waals surface area contributed by atoms with E-state index in [0.717, 1.165) is 12.8 Å². The number of hydrogen-bond acceptors (Lipinski definition) is 5. The van der Waals surface area contributed by atoms with Crippen LogP contribution in [0.4, 0.5) is 0 Å². The van der Waals surface area contributed by atoms with Gasteiger partial charge >= 0.3 is 0 Å². The van der Waals surface area contributed by atoms with Gasteiger partial charge in [-0.05, 0) is 37.2 Å². The summed E-state index contributed by atoms with van der Waals surface area (Å²) in [4.78, 5) is 24.4. The number of carbonyl (C=O) groups is 2. The first-order valence-electron chi connectivity index (χ1n) is 10.1. The second-order valence-electron chi connectivity index (χ2n) is 9.20. The summed E-state index contributed by atoms with van der Waals surface area (Å²) in [5.74, 6) is -0.302. The highest BCUT2D eigenvalue weighted by Crippen LogP contribution is 2.53. The van der Waals surface area contributed by atoms with E-state index < -0.39 is 5.75 Å². The molecule has 0 radical (unpaired) electrons. The number of aldehydes is 1. The molecule has 1 heterocycles. The number of aromatic hydroxyl groups is 2. The van der Waals surface area contributed by atoms with Gasteiger partial charge in [0.2, 0.25) is 0 Å². The van der Waals surface area contributed by atoms with Crippen LogP contribution >= 0.6 is 0 Å². The smallest absolute Gasteiger partial charge is 0.170 e. The summed E-state index contributed by atoms with van der Waals surface area (Å²) in [7, 11) is 0. The quantitative estimate of drug-likeness (QED) is 0.430. The molecule has 1 aliphatic carbocycles. The maximum Gasteiger partial charge on any atom is 0.170 e. The number of Topliss-reactive ketones (excluding diaryl/α,β-unsaturated/α-hetero) is 1. The van der Waals surface area contributed by atoms with Crippen molar-refractivity contribution in [2.75, 3.05) is 0 Å². The molecule has 0 spiro atoms. The number of phenols is 2. The van der Waals surface area contributed by atoms with Crippen LogP contribution in [-0.4, -0.2) is 28.4 Å². The van der Waals surface area contributed by atoms with Crippen LogP contribution < -0.4 is 4.74 Å². The van der Waals surface area contributed by atoms with Crippen LogP contribution in [-0.2, 0) is 6.42 Å². The van der Waals surface area contributed by atoms with Crippen molar-refractivity contribution in [3.63, 3.8) is 0 Å². The van der Waals surface area contributed by atoms with Gasteiger partial charge < -0.3 is 14.9 Å². The van der Waals surface area contributed by atoms with Crippen LogP contribution in [0.2, 0.25) is 0 Å². The number of benzene rings is 1. The summed E-state index contributed by atoms with van der Waals surface area (Å²) in [5, 5.41) is 21.3. The third-order valence-corrected chi connectivity index (χ3v) is 6.13. The van der Waals surface area contributed by atoms with Crippen molar-refractivity contribution in [3.8, 4) is 17.2 Å². The molecule has 28 heavy (non-hydrogen) atoms. The maximum absolute atomic E-state index is 12.9. The molecule has 0 saturated carbocycles. The average Bonchev–Trinajstić information content (AvgIpc) is 2.60. The summed E-state index contributed by atoms with van der Waals surface area (Å²) >= 11 is 0. The normalized spacial score (nSPS) is 23.7. The lowest BCUT2D eigenvalue weighted by Gasteiger charge is -2.45. The van der Waals surface area contributed by atoms with Crippen LogP contribution in [0.25, 0.3) is 0 Å². The lowest BCUT2D eigenvalue weighted by Crippen LogP contribution is -2.44. The Bertz CT molecular complexity index is 849. The van der Waals surface area contributed by atoms with Gasteiger partial charge in [0.25, 0.3) is 0 Å². The third-order valence-electron chi connectivity index (χ3n) is 6.13. The van der Waals surface area contributed by atoms with Gasteiger partial charge in [-0.3, -0.25) is 9.59 Å². The van der Waals surface area contributed by atoms with Gasteiger partial charge in [-0.2, -0.15) is 0 Å². The van der Waals surface area contributed by atoms with Crippen LogP contribution in [0.3, 0.4) is 0 Å². The molecule has 0 saturated heterocycles. The largest absolute Gasteiger partial charge is 0.507 e. The fourth-order valence-corrected chi connectivity index (χ4v) is 4.34. The Labute approximate surface area is 166 Å². The number of allylic oxidation sites excluding steroid dienone is 1. The molecule has 152 valence electrons. The molecule has 0 fully saturated rings. The predicted molar refractivity (Wildman–Crippen MR) is 107 cm³/mol. The minimum absolute atomic E-state index is 0.0238. The van der Waals surface area contributed by atoms with Crippen molar-refractivity contribution in [2.45, 2.75) is 66.4 Å². The Morgan fingerprint density at radius 1 is 1.29 bits per heavy atom. The fraction of sp³-hybridized carbons (Fsp3) is 0.565. The summed E-state index contributed by atoms with van der Waals surface area (Å²) in [6.45, 7) is 10.2. The first-order chi connectivity index (χ1) is 13.1. The number of carbonyl (C=O) groups excluding carboxylic acids is 2. The average molecular weight is 386 g/mol. The minimum atomic E-state index is -0.482. The highest BCUT2D eigenvalue weighted by Gasteiger charge is 2.45. The number of ether oxygens (including phenoxy) is 1. The summed E-state index contributed by atoms with van der Waals surface area (Å²) in [5.41, 5.74) is 1.32. The van der Waals surface area contributed by atoms with E-state index in [0.29, 0.717) is 24.2 Å². The van der Waals surface area contributed by atoms with E-state index in [4.69, 9.17) is 4.74 Å². The van der Waals surface area contributed by atoms with Gasteiger partial charge in [-0.15, -0.1) is 0 Å². The highest BCUT2D eigenvalue weighted by atomic mass is 16.5. The molecule has 3 rings (SSSR count). The number of phenolic OH excluding ortho intramolecular Hbond substituents is 2. The second kappa shape index (κ2) is 7.26. The number of fused-ring (bicyclic) bond motifs is 2. The van der Waals surface area contributed by atoms with E-state index in [1.807, 2.05) is 13.8 Å². The van der Waals surface area contributed by atoms with Gasteiger partial charge in [0.05, 0.1) is 5.56 Å². The zero-order valence-corrected chi connectivity index (χ0v) is 17.3. The number of rotatable bonds is 5. The Morgan fingerprint density at radius 2 is 1.96 bits per heavy atom. The Morgan fingerprint density at radius 3 is 2.54 bits per heavy atom. The second-order valence-corrected chi connectivity index (χ2v) is 9.20. The van der Waals surface area contributed by atoms with E-state index in [2.05, 4.69) is 26.8 Å². The molecule has 2 N–H and O–H groups in total. The van der Waals surface area contributed by atoms with E-state index in [-0.39, 0.29) is 52.3 Å².